The third-order valence-electron chi connectivity index (χ3n) is 0.407. The summed E-state index contributed by atoms with van der Waals surface area (Å²) < 4.78 is 5.66. The molecule has 0 aliphatic rings. The van der Waals surface area contributed by atoms with E-state index in [0.717, 1.165) is 32.9 Å². The fraction of sp³-hybridized carbons (Fsp3) is 0.750. The molecule has 0 saturated heterocycles. The Morgan fingerprint density at radius 2 is 2.43 bits per heavy atom. The molecule has 0 aromatic heterocycles. The minimum atomic E-state index is -0.166. The van der Waals surface area contributed by atoms with Gasteiger partial charge in [0, 0.05) is 0 Å². The summed E-state index contributed by atoms with van der Waals surface area (Å²) in [7, 11) is 0. The van der Waals surface area contributed by atoms with Gasteiger partial charge in [-0.3, -0.25) is 0 Å². The number of hydrogen-bond acceptors (Lipinski definition) is 2. The first-order chi connectivity index (χ1) is 3.27. The van der Waals surface area contributed by atoms with Crippen molar-refractivity contribution in [3.8, 4) is 0 Å². The summed E-state index contributed by atoms with van der Waals surface area (Å²) in [6, 6.07) is 0. The van der Waals surface area contributed by atoms with E-state index in [1.165, 1.54) is 6.92 Å². The molecule has 3 heteroatoms. The van der Waals surface area contributed by atoms with Gasteiger partial charge in [0.15, 0.2) is 0 Å². The van der Waals surface area contributed by atoms with Gasteiger partial charge in [-0.15, -0.1) is 0 Å². The van der Waals surface area contributed by atoms with Crippen LogP contribution in [-0.4, -0.2) is 12.6 Å². The van der Waals surface area contributed by atoms with E-state index in [0.29, 0.717) is 6.61 Å². The average molecular weight is 325 g/mol. The summed E-state index contributed by atoms with van der Waals surface area (Å²) >= 11 is 0.938. The molecular weight excluding hydrogens is 318 g/mol. The zero-order valence-electron chi connectivity index (χ0n) is 4.23. The fourth-order valence-electron chi connectivity index (χ4n) is 0.195. The van der Waals surface area contributed by atoms with Crippen LogP contribution in [-0.2, 0) is 9.53 Å². The summed E-state index contributed by atoms with van der Waals surface area (Å²) in [6.07, 6.45) is 0. The second-order valence-electron chi connectivity index (χ2n) is 1.09. The summed E-state index contributed by atoms with van der Waals surface area (Å²) in [5, 5.41) is 0. The van der Waals surface area contributed by atoms with Crippen molar-refractivity contribution in [1.29, 1.82) is 0 Å². The second kappa shape index (κ2) is 4.68. The fourth-order valence-corrected chi connectivity index (χ4v) is 0.620. The van der Waals surface area contributed by atoms with Gasteiger partial charge in [-0.2, -0.15) is 0 Å². The maximum atomic E-state index is 10.00. The number of esters is 1. The molecule has 0 aromatic carbocycles. The third-order valence-corrected chi connectivity index (χ3v) is 1.26. The van der Waals surface area contributed by atoms with E-state index in [4.69, 9.17) is 0 Å². The van der Waals surface area contributed by atoms with Gasteiger partial charge in [0.1, 0.15) is 0 Å². The Morgan fingerprint density at radius 1 is 1.86 bits per heavy atom. The molecule has 0 bridgehead atoms. The Kier molecular flexibility index (Phi) is 5.02. The van der Waals surface area contributed by atoms with Crippen LogP contribution in [0.15, 0.2) is 0 Å². The van der Waals surface area contributed by atoms with Crippen LogP contribution >= 0.6 is 0 Å². The monoisotopic (exact) mass is 325 g/mol. The molecule has 2 nitrogen and oxygen atoms in total. The Balaban J connectivity index is 2.82. The summed E-state index contributed by atoms with van der Waals surface area (Å²) in [6.45, 7) is 2.06. The van der Waals surface area contributed by atoms with E-state index >= 15 is 0 Å². The molecule has 0 fully saturated rings. The van der Waals surface area contributed by atoms with E-state index in [9.17, 15) is 4.79 Å². The molecular formula is C4H7O2U. The molecule has 0 rings (SSSR count). The summed E-state index contributed by atoms with van der Waals surface area (Å²) in [4.78, 5) is 10.00. The molecule has 0 aliphatic carbocycles. The number of carbonyl (C=O) groups is 1. The van der Waals surface area contributed by atoms with E-state index in [2.05, 4.69) is 4.74 Å². The van der Waals surface area contributed by atoms with Crippen LogP contribution in [0.5, 0.6) is 0 Å². The topological polar surface area (TPSA) is 26.3 Å². The number of rotatable bonds is 2. The molecule has 0 aromatic rings. The molecule has 7 heavy (non-hydrogen) atoms. The molecule has 0 atom stereocenters. The number of ether oxygens (including phenoxy) is 1. The molecule has 0 saturated carbocycles. The van der Waals surface area contributed by atoms with Crippen LogP contribution in [0.3, 0.4) is 0 Å². The molecule has 0 N–H and O–H groups in total. The number of carbonyl (C=O) groups excluding carboxylic acids is 1. The van der Waals surface area contributed by atoms with Crippen LogP contribution in [0.4, 0.5) is 0 Å². The van der Waals surface area contributed by atoms with Crippen LogP contribution in [0.25, 0.3) is 0 Å². The van der Waals surface area contributed by atoms with Crippen LogP contribution in [0.2, 0.25) is 3.45 Å². The van der Waals surface area contributed by atoms with Gasteiger partial charge < -0.3 is 0 Å². The van der Waals surface area contributed by atoms with Crippen LogP contribution in [0, 0.1) is 29.4 Å². The quantitative estimate of drug-likeness (QED) is 0.692. The molecule has 0 heterocycles. The Bertz CT molecular complexity index is 62.7. The standard InChI is InChI=1S/C4H7O2.U/c1-3-6-4(2)5;/h1,3H2,2H3;. The van der Waals surface area contributed by atoms with Crippen molar-refractivity contribution >= 4 is 5.97 Å². The first kappa shape index (κ1) is 7.52. The van der Waals surface area contributed by atoms with Crippen molar-refractivity contribution in [2.24, 2.45) is 0 Å². The molecule has 0 spiro atoms. The predicted molar refractivity (Wildman–Crippen MR) is 21.4 cm³/mol. The van der Waals surface area contributed by atoms with Gasteiger partial charge in [-0.1, -0.05) is 0 Å². The second-order valence-corrected chi connectivity index (χ2v) is 3.17. The Labute approximate surface area is 61.8 Å². The van der Waals surface area contributed by atoms with Gasteiger partial charge in [0.2, 0.25) is 0 Å². The van der Waals surface area contributed by atoms with E-state index < -0.39 is 0 Å². The van der Waals surface area contributed by atoms with E-state index in [1.54, 1.807) is 0 Å². The molecule has 0 amide bonds. The normalized spacial score (nSPS) is 8.43. The third kappa shape index (κ3) is 6.52. The van der Waals surface area contributed by atoms with Crippen LogP contribution < -0.4 is 0 Å². The van der Waals surface area contributed by atoms with Crippen molar-refractivity contribution in [2.45, 2.75) is 10.4 Å². The van der Waals surface area contributed by atoms with Gasteiger partial charge in [-0.25, -0.2) is 0 Å². The maximum absolute atomic E-state index is 10.00. The van der Waals surface area contributed by atoms with E-state index in [-0.39, 0.29) is 5.97 Å². The summed E-state index contributed by atoms with van der Waals surface area (Å²) in [5.41, 5.74) is 0. The number of hydrogen-bond donors (Lipinski definition) is 0. The minimum absolute atomic E-state index is 0.166. The Morgan fingerprint density at radius 3 is 2.57 bits per heavy atom. The van der Waals surface area contributed by atoms with Gasteiger partial charge in [0.05, 0.1) is 0 Å². The zero-order valence-corrected chi connectivity index (χ0v) is 8.39. The van der Waals surface area contributed by atoms with Crippen LogP contribution in [0.1, 0.15) is 6.92 Å². The molecule has 0 radical (unpaired) electrons. The predicted octanol–water partition coefficient (Wildman–Crippen LogP) is 0.517. The van der Waals surface area contributed by atoms with Gasteiger partial charge >= 0.3 is 61.9 Å². The molecule has 0 aliphatic heterocycles. The van der Waals surface area contributed by atoms with Crippen molar-refractivity contribution in [3.63, 3.8) is 0 Å². The molecule has 39 valence electrons. The van der Waals surface area contributed by atoms with Gasteiger partial charge in [-0.05, 0) is 0 Å². The molecule has 0 unspecified atom stereocenters. The van der Waals surface area contributed by atoms with Crippen molar-refractivity contribution in [3.05, 3.63) is 0 Å². The van der Waals surface area contributed by atoms with Crippen molar-refractivity contribution in [1.82, 2.24) is 0 Å². The average Bonchev–Trinajstić information content (AvgIpc) is 1.61. The van der Waals surface area contributed by atoms with E-state index in [1.807, 2.05) is 0 Å². The first-order valence-corrected chi connectivity index (χ1v) is 4.99. The Hall–Kier alpha value is 0.522. The van der Waals surface area contributed by atoms with Crippen molar-refractivity contribution < 1.29 is 39.0 Å². The first-order valence-electron chi connectivity index (χ1n) is 2.05. The summed E-state index contributed by atoms with van der Waals surface area (Å²) in [5.74, 6) is -0.166. The van der Waals surface area contributed by atoms with Gasteiger partial charge in [0.25, 0.3) is 0 Å². The zero-order chi connectivity index (χ0) is 5.70. The SMILES string of the molecule is CC(=O)OC[CH2][U]. The van der Waals surface area contributed by atoms with Crippen molar-refractivity contribution in [2.75, 3.05) is 6.61 Å².